The number of hydrogen-bond donors (Lipinski definition) is 2. The molecule has 0 amide bonds. The number of anilines is 1. The molecule has 1 fully saturated rings. The van der Waals surface area contributed by atoms with E-state index in [1.165, 1.54) is 19.9 Å². The average Bonchev–Trinajstić information content (AvgIpc) is 2.75. The van der Waals surface area contributed by atoms with Gasteiger partial charge in [0.1, 0.15) is 0 Å². The minimum Gasteiger partial charge on any atom is -0.382 e. The number of sulfonamides is 1. The van der Waals surface area contributed by atoms with Gasteiger partial charge < -0.3 is 5.32 Å². The molecule has 1 aromatic rings. The Kier molecular flexibility index (Phi) is 3.92. The lowest BCUT2D eigenvalue weighted by Crippen LogP contribution is -2.22. The van der Waals surface area contributed by atoms with E-state index in [-0.39, 0.29) is 0 Å². The quantitative estimate of drug-likeness (QED) is 0.880. The minimum absolute atomic E-state index is 0.306. The van der Waals surface area contributed by atoms with Crippen LogP contribution in [0, 0.1) is 5.92 Å². The highest BCUT2D eigenvalue weighted by atomic mass is 32.2. The fourth-order valence-electron chi connectivity index (χ4n) is 2.44. The van der Waals surface area contributed by atoms with E-state index >= 15 is 0 Å². The van der Waals surface area contributed by atoms with Gasteiger partial charge in [-0.15, -0.1) is 0 Å². The summed E-state index contributed by atoms with van der Waals surface area (Å²) in [7, 11) is -1.93. The Morgan fingerprint density at radius 1 is 1.28 bits per heavy atom. The highest BCUT2D eigenvalue weighted by molar-refractivity contribution is 7.89. The van der Waals surface area contributed by atoms with Crippen molar-refractivity contribution in [1.82, 2.24) is 4.72 Å². The zero-order valence-corrected chi connectivity index (χ0v) is 11.6. The largest absolute Gasteiger partial charge is 0.382 e. The molecule has 1 aromatic carbocycles. The average molecular weight is 268 g/mol. The van der Waals surface area contributed by atoms with Crippen LogP contribution in [0.1, 0.15) is 26.2 Å². The highest BCUT2D eigenvalue weighted by Gasteiger charge is 2.23. The number of hydrogen-bond acceptors (Lipinski definition) is 3. The smallest absolute Gasteiger partial charge is 0.240 e. The molecule has 0 spiro atoms. The lowest BCUT2D eigenvalue weighted by atomic mass is 10.1. The third kappa shape index (κ3) is 2.84. The van der Waals surface area contributed by atoms with Crippen LogP contribution in [0.3, 0.4) is 0 Å². The van der Waals surface area contributed by atoms with Crippen molar-refractivity contribution < 1.29 is 8.42 Å². The summed E-state index contributed by atoms with van der Waals surface area (Å²) in [5.41, 5.74) is 0.880. The van der Waals surface area contributed by atoms with Crippen molar-refractivity contribution in [3.8, 4) is 0 Å². The summed E-state index contributed by atoms with van der Waals surface area (Å²) in [4.78, 5) is 0.306. The fourth-order valence-corrected chi connectivity index (χ4v) is 3.22. The van der Waals surface area contributed by atoms with Crippen LogP contribution < -0.4 is 10.0 Å². The van der Waals surface area contributed by atoms with Crippen LogP contribution in [0.5, 0.6) is 0 Å². The van der Waals surface area contributed by atoms with Crippen LogP contribution in [0.2, 0.25) is 0 Å². The van der Waals surface area contributed by atoms with Gasteiger partial charge in [-0.3, -0.25) is 0 Å². The molecular weight excluding hydrogens is 248 g/mol. The third-order valence-electron chi connectivity index (χ3n) is 3.63. The zero-order valence-electron chi connectivity index (χ0n) is 10.8. The Morgan fingerprint density at radius 3 is 2.67 bits per heavy atom. The first-order chi connectivity index (χ1) is 8.53. The maximum Gasteiger partial charge on any atom is 0.240 e. The number of rotatable bonds is 4. The highest BCUT2D eigenvalue weighted by Crippen LogP contribution is 2.28. The molecule has 0 saturated heterocycles. The van der Waals surface area contributed by atoms with Gasteiger partial charge in [0.2, 0.25) is 10.0 Å². The maximum absolute atomic E-state index is 11.7. The molecule has 18 heavy (non-hydrogen) atoms. The van der Waals surface area contributed by atoms with Crippen molar-refractivity contribution in [1.29, 1.82) is 0 Å². The van der Waals surface area contributed by atoms with Crippen LogP contribution in [0.4, 0.5) is 5.69 Å². The molecule has 1 aliphatic rings. The first-order valence-electron chi connectivity index (χ1n) is 6.33. The molecule has 2 rings (SSSR count). The van der Waals surface area contributed by atoms with Crippen molar-refractivity contribution in [3.05, 3.63) is 24.3 Å². The van der Waals surface area contributed by atoms with E-state index in [1.807, 2.05) is 6.07 Å². The van der Waals surface area contributed by atoms with E-state index in [9.17, 15) is 8.42 Å². The van der Waals surface area contributed by atoms with Crippen molar-refractivity contribution in [3.63, 3.8) is 0 Å². The minimum atomic E-state index is -3.36. The fraction of sp³-hybridized carbons (Fsp3) is 0.538. The van der Waals surface area contributed by atoms with E-state index in [2.05, 4.69) is 17.0 Å². The van der Waals surface area contributed by atoms with Gasteiger partial charge in [-0.25, -0.2) is 13.1 Å². The summed E-state index contributed by atoms with van der Waals surface area (Å²) in [5, 5.41) is 3.43. The topological polar surface area (TPSA) is 58.2 Å². The lowest BCUT2D eigenvalue weighted by molar-refractivity contribution is 0.556. The molecule has 2 atom stereocenters. The molecule has 2 unspecified atom stereocenters. The molecule has 0 bridgehead atoms. The Morgan fingerprint density at radius 2 is 2.06 bits per heavy atom. The van der Waals surface area contributed by atoms with Crippen molar-refractivity contribution in [2.24, 2.45) is 5.92 Å². The molecule has 0 aromatic heterocycles. The summed E-state index contributed by atoms with van der Waals surface area (Å²) in [6.45, 7) is 2.23. The Labute approximate surface area is 109 Å². The summed E-state index contributed by atoms with van der Waals surface area (Å²) in [5.74, 6) is 0.648. The zero-order chi connectivity index (χ0) is 13.2. The third-order valence-corrected chi connectivity index (χ3v) is 5.04. The molecule has 0 heterocycles. The predicted octanol–water partition coefficient (Wildman–Crippen LogP) is 2.20. The Hall–Kier alpha value is -1.07. The van der Waals surface area contributed by atoms with Gasteiger partial charge in [0.05, 0.1) is 4.90 Å². The Bertz CT molecular complexity index is 513. The van der Waals surface area contributed by atoms with E-state index in [1.54, 1.807) is 18.2 Å². The van der Waals surface area contributed by atoms with Crippen LogP contribution in [0.15, 0.2) is 29.2 Å². The molecule has 1 aliphatic carbocycles. The van der Waals surface area contributed by atoms with Gasteiger partial charge in [0, 0.05) is 11.7 Å². The van der Waals surface area contributed by atoms with Crippen molar-refractivity contribution in [2.75, 3.05) is 12.4 Å². The van der Waals surface area contributed by atoms with Gasteiger partial charge in [-0.05, 0) is 44.0 Å². The van der Waals surface area contributed by atoms with Crippen LogP contribution in [-0.2, 0) is 10.0 Å². The molecule has 4 nitrogen and oxygen atoms in total. The molecule has 0 aliphatic heterocycles. The number of nitrogens with one attached hydrogen (secondary N) is 2. The van der Waals surface area contributed by atoms with E-state index in [0.29, 0.717) is 16.9 Å². The second-order valence-corrected chi connectivity index (χ2v) is 6.78. The van der Waals surface area contributed by atoms with E-state index < -0.39 is 10.0 Å². The predicted molar refractivity (Wildman–Crippen MR) is 73.1 cm³/mol. The maximum atomic E-state index is 11.7. The van der Waals surface area contributed by atoms with Crippen molar-refractivity contribution >= 4 is 15.7 Å². The summed E-state index contributed by atoms with van der Waals surface area (Å²) >= 11 is 0. The second kappa shape index (κ2) is 5.28. The Balaban J connectivity index is 2.17. The van der Waals surface area contributed by atoms with Gasteiger partial charge >= 0.3 is 0 Å². The SMILES string of the molecule is CNS(=O)(=O)c1cccc(NC2CCCC2C)c1. The van der Waals surface area contributed by atoms with Crippen molar-refractivity contribution in [2.45, 2.75) is 37.1 Å². The monoisotopic (exact) mass is 268 g/mol. The van der Waals surface area contributed by atoms with Crippen LogP contribution in [-0.4, -0.2) is 21.5 Å². The normalized spacial score (nSPS) is 24.1. The van der Waals surface area contributed by atoms with Crippen LogP contribution in [0.25, 0.3) is 0 Å². The van der Waals surface area contributed by atoms with Crippen LogP contribution >= 0.6 is 0 Å². The molecule has 1 saturated carbocycles. The van der Waals surface area contributed by atoms with E-state index in [0.717, 1.165) is 12.1 Å². The summed E-state index contributed by atoms with van der Waals surface area (Å²) < 4.78 is 25.8. The molecule has 0 radical (unpaired) electrons. The van der Waals surface area contributed by atoms with Gasteiger partial charge in [0.25, 0.3) is 0 Å². The lowest BCUT2D eigenvalue weighted by Gasteiger charge is -2.19. The molecular formula is C13H20N2O2S. The number of benzene rings is 1. The standard InChI is InChI=1S/C13H20N2O2S/c1-10-5-3-8-13(10)15-11-6-4-7-12(9-11)18(16,17)14-2/h4,6-7,9-10,13-15H,3,5,8H2,1-2H3. The summed E-state index contributed by atoms with van der Waals surface area (Å²) in [6.07, 6.45) is 3.64. The molecule has 100 valence electrons. The molecule has 5 heteroatoms. The van der Waals surface area contributed by atoms with Gasteiger partial charge in [-0.1, -0.05) is 19.4 Å². The first kappa shape index (κ1) is 13.4. The van der Waals surface area contributed by atoms with Gasteiger partial charge in [-0.2, -0.15) is 0 Å². The van der Waals surface area contributed by atoms with Gasteiger partial charge in [0.15, 0.2) is 0 Å². The molecule has 2 N–H and O–H groups in total. The second-order valence-electron chi connectivity index (χ2n) is 4.89. The summed E-state index contributed by atoms with van der Waals surface area (Å²) in [6, 6.07) is 7.44. The van der Waals surface area contributed by atoms with E-state index in [4.69, 9.17) is 0 Å². The first-order valence-corrected chi connectivity index (χ1v) is 7.81.